The Labute approximate surface area is 177 Å². The molecule has 0 unspecified atom stereocenters. The average Bonchev–Trinajstić information content (AvgIpc) is 3.24. The number of fused-ring (bicyclic) bond motifs is 1. The Bertz CT molecular complexity index is 869. The molecule has 2 fully saturated rings. The van der Waals surface area contributed by atoms with E-state index in [1.165, 1.54) is 0 Å². The first-order valence-electron chi connectivity index (χ1n) is 10.7. The molecule has 0 bridgehead atoms. The van der Waals surface area contributed by atoms with Gasteiger partial charge in [-0.15, -0.1) is 0 Å². The smallest absolute Gasteiger partial charge is 0.243 e. The monoisotopic (exact) mass is 407 g/mol. The molecule has 2 aliphatic rings. The van der Waals surface area contributed by atoms with Gasteiger partial charge in [0.15, 0.2) is 0 Å². The number of amides is 2. The largest absolute Gasteiger partial charge is 0.388 e. The van der Waals surface area contributed by atoms with Gasteiger partial charge in [-0.3, -0.25) is 9.59 Å². The summed E-state index contributed by atoms with van der Waals surface area (Å²) in [4.78, 5) is 27.3. The van der Waals surface area contributed by atoms with E-state index in [0.717, 1.165) is 29.7 Å². The first kappa shape index (κ1) is 20.4. The summed E-state index contributed by atoms with van der Waals surface area (Å²) in [6.45, 7) is 0.990. The van der Waals surface area contributed by atoms with Gasteiger partial charge in [0.05, 0.1) is 18.8 Å². The number of ether oxygens (including phenoxy) is 1. The number of carbonyl (C=O) groups is 2. The molecule has 158 valence electrons. The minimum Gasteiger partial charge on any atom is -0.388 e. The van der Waals surface area contributed by atoms with Crippen molar-refractivity contribution in [3.05, 3.63) is 65.7 Å². The van der Waals surface area contributed by atoms with Gasteiger partial charge >= 0.3 is 0 Å². The molecule has 0 spiro atoms. The molecule has 2 saturated heterocycles. The van der Waals surface area contributed by atoms with E-state index in [1.54, 1.807) is 4.90 Å². The third-order valence-corrected chi connectivity index (χ3v) is 6.11. The number of hydrogen-bond donors (Lipinski definition) is 2. The molecule has 2 aromatic carbocycles. The SMILES string of the molecule is CNc1ccc(CNC(=O)[C@@H]2CC[C@H]3[C@@H](OCc4ccccc4)CCC(=O)N23)cc1. The number of nitrogens with one attached hydrogen (secondary N) is 2. The Hall–Kier alpha value is -2.86. The van der Waals surface area contributed by atoms with Crippen LogP contribution < -0.4 is 10.6 Å². The number of hydrogen-bond acceptors (Lipinski definition) is 4. The third-order valence-electron chi connectivity index (χ3n) is 6.11. The Morgan fingerprint density at radius 1 is 1.03 bits per heavy atom. The van der Waals surface area contributed by atoms with Gasteiger partial charge in [0.2, 0.25) is 11.8 Å². The Balaban J connectivity index is 1.35. The molecule has 0 saturated carbocycles. The Morgan fingerprint density at radius 3 is 2.53 bits per heavy atom. The molecule has 2 N–H and O–H groups in total. The molecule has 2 heterocycles. The molecule has 6 heteroatoms. The molecule has 4 rings (SSSR count). The summed E-state index contributed by atoms with van der Waals surface area (Å²) >= 11 is 0. The zero-order valence-corrected chi connectivity index (χ0v) is 17.3. The van der Waals surface area contributed by atoms with Gasteiger partial charge in [-0.1, -0.05) is 42.5 Å². The zero-order valence-electron chi connectivity index (χ0n) is 17.3. The minimum atomic E-state index is -0.401. The standard InChI is InChI=1S/C24H29N3O3/c1-25-19-9-7-17(8-10-19)15-26-24(29)21-12-11-20-22(13-14-23(28)27(20)21)30-16-18-5-3-2-4-6-18/h2-10,20-22,25H,11-16H2,1H3,(H,26,29)/t20-,21-,22-/m0/s1. The topological polar surface area (TPSA) is 70.7 Å². The van der Waals surface area contributed by atoms with E-state index in [0.29, 0.717) is 26.0 Å². The summed E-state index contributed by atoms with van der Waals surface area (Å²) in [5, 5.41) is 6.09. The number of benzene rings is 2. The molecule has 0 aromatic heterocycles. The molecule has 0 aliphatic carbocycles. The van der Waals surface area contributed by atoms with Crippen LogP contribution in [0.15, 0.2) is 54.6 Å². The second kappa shape index (κ2) is 9.30. The van der Waals surface area contributed by atoms with Crippen molar-refractivity contribution in [1.29, 1.82) is 0 Å². The highest BCUT2D eigenvalue weighted by molar-refractivity contribution is 5.89. The molecular weight excluding hydrogens is 378 g/mol. The van der Waals surface area contributed by atoms with Crippen LogP contribution in [0, 0.1) is 0 Å². The van der Waals surface area contributed by atoms with Crippen molar-refractivity contribution in [1.82, 2.24) is 10.2 Å². The van der Waals surface area contributed by atoms with Crippen LogP contribution in [-0.4, -0.2) is 41.9 Å². The molecule has 2 amide bonds. The van der Waals surface area contributed by atoms with E-state index < -0.39 is 6.04 Å². The second-order valence-electron chi connectivity index (χ2n) is 8.00. The van der Waals surface area contributed by atoms with Crippen LogP contribution >= 0.6 is 0 Å². The van der Waals surface area contributed by atoms with Crippen molar-refractivity contribution in [2.45, 2.75) is 57.0 Å². The molecule has 30 heavy (non-hydrogen) atoms. The summed E-state index contributed by atoms with van der Waals surface area (Å²) in [5.74, 6) is -0.0113. The highest BCUT2D eigenvalue weighted by Crippen LogP contribution is 2.34. The lowest BCUT2D eigenvalue weighted by molar-refractivity contribution is -0.149. The summed E-state index contributed by atoms with van der Waals surface area (Å²) < 4.78 is 6.18. The lowest BCUT2D eigenvalue weighted by atomic mass is 9.98. The van der Waals surface area contributed by atoms with Crippen LogP contribution in [0.4, 0.5) is 5.69 Å². The number of rotatable bonds is 7. The van der Waals surface area contributed by atoms with E-state index in [4.69, 9.17) is 4.74 Å². The molecule has 2 aliphatic heterocycles. The van der Waals surface area contributed by atoms with Gasteiger partial charge in [-0.25, -0.2) is 0 Å². The molecule has 3 atom stereocenters. The average molecular weight is 408 g/mol. The van der Waals surface area contributed by atoms with Gasteiger partial charge in [0.1, 0.15) is 6.04 Å². The van der Waals surface area contributed by atoms with E-state index in [-0.39, 0.29) is 24.0 Å². The molecule has 6 nitrogen and oxygen atoms in total. The maximum absolute atomic E-state index is 12.9. The third kappa shape index (κ3) is 4.49. The van der Waals surface area contributed by atoms with Crippen LogP contribution in [0.5, 0.6) is 0 Å². The predicted octanol–water partition coefficient (Wildman–Crippen LogP) is 3.08. The summed E-state index contributed by atoms with van der Waals surface area (Å²) in [6, 6.07) is 17.6. The van der Waals surface area contributed by atoms with Gasteiger partial charge in [0.25, 0.3) is 0 Å². The van der Waals surface area contributed by atoms with Gasteiger partial charge in [-0.2, -0.15) is 0 Å². The minimum absolute atomic E-state index is 0.0133. The second-order valence-corrected chi connectivity index (χ2v) is 8.00. The molecule has 2 aromatic rings. The number of anilines is 1. The van der Waals surface area contributed by atoms with Crippen LogP contribution in [0.2, 0.25) is 0 Å². The lowest BCUT2D eigenvalue weighted by Crippen LogP contribution is -2.55. The highest BCUT2D eigenvalue weighted by atomic mass is 16.5. The van der Waals surface area contributed by atoms with Crippen molar-refractivity contribution in [3.63, 3.8) is 0 Å². The van der Waals surface area contributed by atoms with Crippen molar-refractivity contribution < 1.29 is 14.3 Å². The Kier molecular flexibility index (Phi) is 6.33. The van der Waals surface area contributed by atoms with Gasteiger partial charge < -0.3 is 20.3 Å². The van der Waals surface area contributed by atoms with Gasteiger partial charge in [0, 0.05) is 25.7 Å². The van der Waals surface area contributed by atoms with E-state index in [9.17, 15) is 9.59 Å². The Morgan fingerprint density at radius 2 is 1.80 bits per heavy atom. The first-order chi connectivity index (χ1) is 14.7. The van der Waals surface area contributed by atoms with Crippen LogP contribution in [-0.2, 0) is 27.5 Å². The summed E-state index contributed by atoms with van der Waals surface area (Å²) in [7, 11) is 1.87. The molecule has 0 radical (unpaired) electrons. The van der Waals surface area contributed by atoms with Crippen molar-refractivity contribution in [2.75, 3.05) is 12.4 Å². The molecular formula is C24H29N3O3. The number of carbonyl (C=O) groups excluding carboxylic acids is 2. The van der Waals surface area contributed by atoms with E-state index >= 15 is 0 Å². The maximum atomic E-state index is 12.9. The van der Waals surface area contributed by atoms with E-state index in [1.807, 2.05) is 61.6 Å². The normalized spacial score (nSPS) is 23.2. The van der Waals surface area contributed by atoms with Gasteiger partial charge in [-0.05, 0) is 42.5 Å². The first-order valence-corrected chi connectivity index (χ1v) is 10.7. The number of piperidine rings is 1. The van der Waals surface area contributed by atoms with E-state index in [2.05, 4.69) is 10.6 Å². The predicted molar refractivity (Wildman–Crippen MR) is 116 cm³/mol. The van der Waals surface area contributed by atoms with Crippen LogP contribution in [0.3, 0.4) is 0 Å². The van der Waals surface area contributed by atoms with Crippen molar-refractivity contribution in [2.24, 2.45) is 0 Å². The van der Waals surface area contributed by atoms with Crippen molar-refractivity contribution in [3.8, 4) is 0 Å². The summed E-state index contributed by atoms with van der Waals surface area (Å²) in [5.41, 5.74) is 3.19. The van der Waals surface area contributed by atoms with Crippen molar-refractivity contribution >= 4 is 17.5 Å². The number of nitrogens with zero attached hydrogens (tertiary/aromatic N) is 1. The van der Waals surface area contributed by atoms with Crippen LogP contribution in [0.1, 0.15) is 36.8 Å². The lowest BCUT2D eigenvalue weighted by Gasteiger charge is -2.38. The fourth-order valence-corrected chi connectivity index (χ4v) is 4.47. The summed E-state index contributed by atoms with van der Waals surface area (Å²) in [6.07, 6.45) is 2.63. The fraction of sp³-hybridized carbons (Fsp3) is 0.417. The zero-order chi connectivity index (χ0) is 20.9. The van der Waals surface area contributed by atoms with Crippen LogP contribution in [0.25, 0.3) is 0 Å². The fourth-order valence-electron chi connectivity index (χ4n) is 4.47. The maximum Gasteiger partial charge on any atom is 0.243 e. The highest BCUT2D eigenvalue weighted by Gasteiger charge is 2.47. The quantitative estimate of drug-likeness (QED) is 0.740.